The van der Waals surface area contributed by atoms with Gasteiger partial charge in [-0.05, 0) is 25.7 Å². The second kappa shape index (κ2) is 14.3. The molecule has 126 valence electrons. The van der Waals surface area contributed by atoms with E-state index in [-0.39, 0.29) is 18.2 Å². The SMILES string of the molecule is C=CCCCCCCCCC(=O)NC(CCC=O)C(=O)NC. The third-order valence-corrected chi connectivity index (χ3v) is 3.53. The number of carbonyl (C=O) groups is 3. The van der Waals surface area contributed by atoms with E-state index in [1.54, 1.807) is 0 Å². The third-order valence-electron chi connectivity index (χ3n) is 3.53. The maximum Gasteiger partial charge on any atom is 0.242 e. The van der Waals surface area contributed by atoms with Crippen molar-refractivity contribution in [2.24, 2.45) is 0 Å². The lowest BCUT2D eigenvalue weighted by atomic mass is 10.1. The Morgan fingerprint density at radius 2 is 1.68 bits per heavy atom. The zero-order valence-corrected chi connectivity index (χ0v) is 13.7. The number of carbonyl (C=O) groups excluding carboxylic acids is 3. The quantitative estimate of drug-likeness (QED) is 0.294. The molecule has 0 spiro atoms. The van der Waals surface area contributed by atoms with Gasteiger partial charge in [0, 0.05) is 19.9 Å². The van der Waals surface area contributed by atoms with Crippen LogP contribution in [0.5, 0.6) is 0 Å². The molecule has 0 aliphatic heterocycles. The first kappa shape index (κ1) is 20.3. The molecule has 0 saturated heterocycles. The highest BCUT2D eigenvalue weighted by Gasteiger charge is 2.18. The molecule has 0 aromatic heterocycles. The minimum absolute atomic E-state index is 0.119. The number of hydrogen-bond donors (Lipinski definition) is 2. The van der Waals surface area contributed by atoms with E-state index in [1.165, 1.54) is 26.3 Å². The van der Waals surface area contributed by atoms with E-state index in [0.29, 0.717) is 12.8 Å². The molecule has 0 aromatic rings. The van der Waals surface area contributed by atoms with Crippen molar-refractivity contribution in [2.75, 3.05) is 7.05 Å². The van der Waals surface area contributed by atoms with Gasteiger partial charge in [0.15, 0.2) is 0 Å². The number of hydrogen-bond acceptors (Lipinski definition) is 3. The summed E-state index contributed by atoms with van der Waals surface area (Å²) in [5.74, 6) is -0.372. The Kier molecular flexibility index (Phi) is 13.2. The Morgan fingerprint density at radius 1 is 1.05 bits per heavy atom. The third kappa shape index (κ3) is 11.1. The number of aldehydes is 1. The summed E-state index contributed by atoms with van der Waals surface area (Å²) in [5.41, 5.74) is 0. The van der Waals surface area contributed by atoms with Crippen molar-refractivity contribution < 1.29 is 14.4 Å². The van der Waals surface area contributed by atoms with E-state index < -0.39 is 6.04 Å². The topological polar surface area (TPSA) is 75.3 Å². The monoisotopic (exact) mass is 310 g/mol. The van der Waals surface area contributed by atoms with E-state index in [0.717, 1.165) is 32.0 Å². The summed E-state index contributed by atoms with van der Waals surface area (Å²) in [7, 11) is 1.52. The molecule has 0 fully saturated rings. The molecule has 0 aliphatic rings. The average Bonchev–Trinajstić information content (AvgIpc) is 2.53. The molecular weight excluding hydrogens is 280 g/mol. The van der Waals surface area contributed by atoms with Crippen LogP contribution in [0.2, 0.25) is 0 Å². The van der Waals surface area contributed by atoms with Crippen molar-refractivity contribution >= 4 is 18.1 Å². The van der Waals surface area contributed by atoms with E-state index in [9.17, 15) is 14.4 Å². The fourth-order valence-electron chi connectivity index (χ4n) is 2.23. The second-order valence-corrected chi connectivity index (χ2v) is 5.43. The lowest BCUT2D eigenvalue weighted by molar-refractivity contribution is -0.129. The first-order chi connectivity index (χ1) is 10.7. The number of unbranched alkanes of at least 4 members (excludes halogenated alkanes) is 6. The van der Waals surface area contributed by atoms with Gasteiger partial charge < -0.3 is 15.4 Å². The summed E-state index contributed by atoms with van der Waals surface area (Å²) in [6.07, 6.45) is 11.4. The number of rotatable bonds is 14. The van der Waals surface area contributed by atoms with Gasteiger partial charge in [-0.2, -0.15) is 0 Å². The Labute approximate surface area is 133 Å². The van der Waals surface area contributed by atoms with Crippen LogP contribution in [0.4, 0.5) is 0 Å². The van der Waals surface area contributed by atoms with Gasteiger partial charge in [0.05, 0.1) is 0 Å². The van der Waals surface area contributed by atoms with Crippen molar-refractivity contribution in [3.05, 3.63) is 12.7 Å². The highest BCUT2D eigenvalue weighted by atomic mass is 16.2. The number of nitrogens with one attached hydrogen (secondary N) is 2. The first-order valence-corrected chi connectivity index (χ1v) is 8.21. The van der Waals surface area contributed by atoms with Crippen LogP contribution in [0.15, 0.2) is 12.7 Å². The van der Waals surface area contributed by atoms with Crippen molar-refractivity contribution in [1.82, 2.24) is 10.6 Å². The van der Waals surface area contributed by atoms with Gasteiger partial charge in [0.1, 0.15) is 12.3 Å². The Hall–Kier alpha value is -1.65. The van der Waals surface area contributed by atoms with Crippen molar-refractivity contribution in [2.45, 2.75) is 70.3 Å². The Morgan fingerprint density at radius 3 is 2.27 bits per heavy atom. The molecule has 0 saturated carbocycles. The number of likely N-dealkylation sites (N-methyl/N-ethyl adjacent to an activating group) is 1. The lowest BCUT2D eigenvalue weighted by Gasteiger charge is -2.16. The van der Waals surface area contributed by atoms with Crippen LogP contribution < -0.4 is 10.6 Å². The molecule has 0 aromatic carbocycles. The Balaban J connectivity index is 3.78. The molecule has 5 nitrogen and oxygen atoms in total. The minimum atomic E-state index is -0.610. The first-order valence-electron chi connectivity index (χ1n) is 8.21. The predicted octanol–water partition coefficient (Wildman–Crippen LogP) is 2.50. The molecule has 0 radical (unpaired) electrons. The van der Waals surface area contributed by atoms with Crippen molar-refractivity contribution in [1.29, 1.82) is 0 Å². The molecular formula is C17H30N2O3. The van der Waals surface area contributed by atoms with Crippen LogP contribution >= 0.6 is 0 Å². The summed E-state index contributed by atoms with van der Waals surface area (Å²) in [5, 5.41) is 5.20. The molecule has 1 atom stereocenters. The van der Waals surface area contributed by atoms with Crippen LogP contribution in [0, 0.1) is 0 Å². The van der Waals surface area contributed by atoms with Gasteiger partial charge >= 0.3 is 0 Å². The molecule has 0 rings (SSSR count). The van der Waals surface area contributed by atoms with Gasteiger partial charge in [-0.15, -0.1) is 6.58 Å². The van der Waals surface area contributed by atoms with Crippen molar-refractivity contribution in [3.8, 4) is 0 Å². The van der Waals surface area contributed by atoms with Gasteiger partial charge in [-0.3, -0.25) is 9.59 Å². The van der Waals surface area contributed by atoms with Crippen LogP contribution in [0.25, 0.3) is 0 Å². The Bertz CT molecular complexity index is 343. The van der Waals surface area contributed by atoms with E-state index in [2.05, 4.69) is 17.2 Å². The van der Waals surface area contributed by atoms with Gasteiger partial charge in [0.2, 0.25) is 11.8 Å². The van der Waals surface area contributed by atoms with Gasteiger partial charge in [0.25, 0.3) is 0 Å². The molecule has 5 heteroatoms. The normalized spacial score (nSPS) is 11.5. The molecule has 1 unspecified atom stereocenters. The molecule has 0 aliphatic carbocycles. The van der Waals surface area contributed by atoms with Crippen molar-refractivity contribution in [3.63, 3.8) is 0 Å². The van der Waals surface area contributed by atoms with Crippen LogP contribution in [0.1, 0.15) is 64.2 Å². The standard InChI is InChI=1S/C17H30N2O3/c1-3-4-5-6-7-8-9-10-13-16(21)19-15(12-11-14-20)17(22)18-2/h3,14-15H,1,4-13H2,2H3,(H,18,22)(H,19,21). The fraction of sp³-hybridized carbons (Fsp3) is 0.706. The van der Waals surface area contributed by atoms with Crippen LogP contribution in [0.3, 0.4) is 0 Å². The highest BCUT2D eigenvalue weighted by Crippen LogP contribution is 2.09. The molecule has 22 heavy (non-hydrogen) atoms. The summed E-state index contributed by atoms with van der Waals surface area (Å²) < 4.78 is 0. The largest absolute Gasteiger partial charge is 0.357 e. The van der Waals surface area contributed by atoms with Gasteiger partial charge in [-0.1, -0.05) is 31.8 Å². The molecule has 0 bridgehead atoms. The number of amides is 2. The van der Waals surface area contributed by atoms with Crippen LogP contribution in [-0.4, -0.2) is 31.2 Å². The maximum absolute atomic E-state index is 11.8. The molecule has 0 heterocycles. The van der Waals surface area contributed by atoms with E-state index in [4.69, 9.17) is 0 Å². The second-order valence-electron chi connectivity index (χ2n) is 5.43. The summed E-state index contributed by atoms with van der Waals surface area (Å²) >= 11 is 0. The number of allylic oxidation sites excluding steroid dienone is 1. The smallest absolute Gasteiger partial charge is 0.242 e. The summed E-state index contributed by atoms with van der Waals surface area (Å²) in [6, 6.07) is -0.610. The van der Waals surface area contributed by atoms with E-state index >= 15 is 0 Å². The van der Waals surface area contributed by atoms with Gasteiger partial charge in [-0.25, -0.2) is 0 Å². The zero-order chi connectivity index (χ0) is 16.6. The van der Waals surface area contributed by atoms with Crippen LogP contribution in [-0.2, 0) is 14.4 Å². The fourth-order valence-corrected chi connectivity index (χ4v) is 2.23. The summed E-state index contributed by atoms with van der Waals surface area (Å²) in [4.78, 5) is 33.8. The van der Waals surface area contributed by atoms with E-state index in [1.807, 2.05) is 6.08 Å². The summed E-state index contributed by atoms with van der Waals surface area (Å²) in [6.45, 7) is 3.70. The predicted molar refractivity (Wildman–Crippen MR) is 88.4 cm³/mol. The molecule has 2 amide bonds. The average molecular weight is 310 g/mol. The zero-order valence-electron chi connectivity index (χ0n) is 13.7. The highest BCUT2D eigenvalue weighted by molar-refractivity contribution is 5.87. The lowest BCUT2D eigenvalue weighted by Crippen LogP contribution is -2.45. The molecule has 2 N–H and O–H groups in total. The maximum atomic E-state index is 11.8. The minimum Gasteiger partial charge on any atom is -0.357 e.